The molecule has 2 fully saturated rings. The lowest BCUT2D eigenvalue weighted by molar-refractivity contribution is -0.131. The van der Waals surface area contributed by atoms with E-state index >= 15 is 0 Å². The Morgan fingerprint density at radius 3 is 2.48 bits per heavy atom. The van der Waals surface area contributed by atoms with Gasteiger partial charge in [-0.05, 0) is 62.6 Å². The van der Waals surface area contributed by atoms with Crippen molar-refractivity contribution in [2.24, 2.45) is 11.8 Å². The number of imidazole rings is 1. The number of carbonyl (C=O) groups excluding carboxylic acids is 1. The van der Waals surface area contributed by atoms with Crippen molar-refractivity contribution in [2.45, 2.75) is 46.6 Å². The number of aromatic nitrogens is 2. The summed E-state index contributed by atoms with van der Waals surface area (Å²) in [7, 11) is 0. The fourth-order valence-corrected chi connectivity index (χ4v) is 4.84. The molecule has 1 unspecified atom stereocenters. The third-order valence-electron chi connectivity index (χ3n) is 7.00. The molecule has 31 heavy (non-hydrogen) atoms. The molecule has 2 heterocycles. The highest BCUT2D eigenvalue weighted by molar-refractivity contribution is 5.81. The van der Waals surface area contributed by atoms with E-state index in [0.29, 0.717) is 17.7 Å². The minimum absolute atomic E-state index is 0.317. The molecule has 4 nitrogen and oxygen atoms in total. The minimum atomic E-state index is 0.317. The SMILES string of the molecule is Cc1cc(-c2ccccc2)ccc1-c1nc(C)c(C)n1CC1CCN(C(=O)C2CC2)C1. The van der Waals surface area contributed by atoms with Gasteiger partial charge in [0.1, 0.15) is 5.82 Å². The summed E-state index contributed by atoms with van der Waals surface area (Å²) in [5.74, 6) is 2.25. The molecule has 0 N–H and O–H groups in total. The zero-order valence-corrected chi connectivity index (χ0v) is 18.8. The van der Waals surface area contributed by atoms with Crippen LogP contribution in [0.2, 0.25) is 0 Å². The maximum atomic E-state index is 12.5. The monoisotopic (exact) mass is 413 g/mol. The highest BCUT2D eigenvalue weighted by atomic mass is 16.2. The molecule has 0 radical (unpaired) electrons. The van der Waals surface area contributed by atoms with E-state index in [0.717, 1.165) is 50.4 Å². The zero-order valence-electron chi connectivity index (χ0n) is 18.8. The number of benzene rings is 2. The van der Waals surface area contributed by atoms with Crippen molar-refractivity contribution in [2.75, 3.05) is 13.1 Å². The number of nitrogens with zero attached hydrogens (tertiary/aromatic N) is 3. The fourth-order valence-electron chi connectivity index (χ4n) is 4.84. The highest BCUT2D eigenvalue weighted by Crippen LogP contribution is 2.34. The molecule has 1 amide bonds. The Labute approximate surface area is 184 Å². The van der Waals surface area contributed by atoms with Crippen molar-refractivity contribution in [3.8, 4) is 22.5 Å². The van der Waals surface area contributed by atoms with E-state index in [1.807, 2.05) is 0 Å². The van der Waals surface area contributed by atoms with Gasteiger partial charge in [-0.15, -0.1) is 0 Å². The van der Waals surface area contributed by atoms with E-state index < -0.39 is 0 Å². The molecule has 4 heteroatoms. The van der Waals surface area contributed by atoms with Crippen molar-refractivity contribution in [1.29, 1.82) is 0 Å². The van der Waals surface area contributed by atoms with E-state index in [9.17, 15) is 4.79 Å². The van der Waals surface area contributed by atoms with Crippen LogP contribution in [0.1, 0.15) is 36.2 Å². The van der Waals surface area contributed by atoms with Crippen molar-refractivity contribution in [1.82, 2.24) is 14.5 Å². The van der Waals surface area contributed by atoms with Crippen LogP contribution < -0.4 is 0 Å². The first-order valence-electron chi connectivity index (χ1n) is 11.5. The number of aryl methyl sites for hydroxylation is 2. The summed E-state index contributed by atoms with van der Waals surface area (Å²) in [6.07, 6.45) is 3.25. The zero-order chi connectivity index (χ0) is 21.5. The van der Waals surface area contributed by atoms with Crippen LogP contribution in [0.3, 0.4) is 0 Å². The largest absolute Gasteiger partial charge is 0.342 e. The second-order valence-corrected chi connectivity index (χ2v) is 9.33. The van der Waals surface area contributed by atoms with Gasteiger partial charge < -0.3 is 9.47 Å². The molecule has 1 atom stereocenters. The molecule has 2 aliphatic rings. The average Bonchev–Trinajstić information content (AvgIpc) is 3.47. The van der Waals surface area contributed by atoms with Gasteiger partial charge in [0.15, 0.2) is 0 Å². The van der Waals surface area contributed by atoms with Gasteiger partial charge in [0.2, 0.25) is 5.91 Å². The Bertz CT molecular complexity index is 1110. The second-order valence-electron chi connectivity index (χ2n) is 9.33. The molecule has 1 aliphatic heterocycles. The molecule has 1 saturated carbocycles. The lowest BCUT2D eigenvalue weighted by Crippen LogP contribution is -2.30. The average molecular weight is 414 g/mol. The topological polar surface area (TPSA) is 38.1 Å². The number of amides is 1. The highest BCUT2D eigenvalue weighted by Gasteiger charge is 2.36. The lowest BCUT2D eigenvalue weighted by Gasteiger charge is -2.18. The van der Waals surface area contributed by atoms with Gasteiger partial charge in [-0.25, -0.2) is 4.98 Å². The Kier molecular flexibility index (Phi) is 5.17. The van der Waals surface area contributed by atoms with Gasteiger partial charge in [-0.1, -0.05) is 48.5 Å². The van der Waals surface area contributed by atoms with Gasteiger partial charge in [-0.3, -0.25) is 4.79 Å². The summed E-state index contributed by atoms with van der Waals surface area (Å²) in [5, 5.41) is 0. The van der Waals surface area contributed by atoms with Crippen molar-refractivity contribution in [3.63, 3.8) is 0 Å². The lowest BCUT2D eigenvalue weighted by atomic mass is 9.99. The summed E-state index contributed by atoms with van der Waals surface area (Å²) in [6, 6.07) is 17.2. The Morgan fingerprint density at radius 2 is 1.77 bits per heavy atom. The van der Waals surface area contributed by atoms with Gasteiger partial charge in [0, 0.05) is 36.8 Å². The van der Waals surface area contributed by atoms with E-state index in [1.54, 1.807) is 0 Å². The molecule has 0 bridgehead atoms. The Hall–Kier alpha value is -2.88. The van der Waals surface area contributed by atoms with Crippen LogP contribution in [0, 0.1) is 32.6 Å². The van der Waals surface area contributed by atoms with E-state index in [2.05, 4.69) is 78.8 Å². The van der Waals surface area contributed by atoms with Gasteiger partial charge >= 0.3 is 0 Å². The fraction of sp³-hybridized carbons (Fsp3) is 0.407. The number of rotatable bonds is 5. The van der Waals surface area contributed by atoms with Crippen LogP contribution >= 0.6 is 0 Å². The van der Waals surface area contributed by atoms with Crippen LogP contribution in [0.4, 0.5) is 0 Å². The predicted molar refractivity (Wildman–Crippen MR) is 125 cm³/mol. The summed E-state index contributed by atoms with van der Waals surface area (Å²) in [4.78, 5) is 19.5. The molecule has 0 spiro atoms. The van der Waals surface area contributed by atoms with Crippen molar-refractivity contribution in [3.05, 3.63) is 65.5 Å². The third kappa shape index (κ3) is 3.91. The summed E-state index contributed by atoms with van der Waals surface area (Å²) >= 11 is 0. The Balaban J connectivity index is 1.41. The molecule has 1 aromatic heterocycles. The predicted octanol–water partition coefficient (Wildman–Crippen LogP) is 5.40. The first-order chi connectivity index (χ1) is 15.0. The van der Waals surface area contributed by atoms with E-state index in [-0.39, 0.29) is 0 Å². The molecule has 3 aromatic rings. The minimum Gasteiger partial charge on any atom is -0.342 e. The van der Waals surface area contributed by atoms with Gasteiger partial charge in [0.25, 0.3) is 0 Å². The normalized spacial score (nSPS) is 18.5. The van der Waals surface area contributed by atoms with Crippen LogP contribution in [0.15, 0.2) is 48.5 Å². The van der Waals surface area contributed by atoms with Gasteiger partial charge in [-0.2, -0.15) is 0 Å². The number of hydrogen-bond acceptors (Lipinski definition) is 2. The molecule has 1 aliphatic carbocycles. The van der Waals surface area contributed by atoms with Crippen molar-refractivity contribution >= 4 is 5.91 Å². The molecule has 2 aromatic carbocycles. The summed E-state index contributed by atoms with van der Waals surface area (Å²) in [6.45, 7) is 9.17. The van der Waals surface area contributed by atoms with Crippen LogP contribution in [0.5, 0.6) is 0 Å². The number of hydrogen-bond donors (Lipinski definition) is 0. The summed E-state index contributed by atoms with van der Waals surface area (Å²) in [5.41, 5.74) is 7.22. The molecule has 160 valence electrons. The molecule has 1 saturated heterocycles. The standard InChI is InChI=1S/C27H31N3O/c1-18-15-24(22-7-5-4-6-8-22)11-12-25(18)26-28-19(2)20(3)30(26)17-21-13-14-29(16-21)27(31)23-9-10-23/h4-8,11-12,15,21,23H,9-10,13-14,16-17H2,1-3H3. The maximum absolute atomic E-state index is 12.5. The third-order valence-corrected chi connectivity index (χ3v) is 7.00. The van der Waals surface area contributed by atoms with E-state index in [4.69, 9.17) is 4.98 Å². The molecule has 5 rings (SSSR count). The van der Waals surface area contributed by atoms with E-state index in [1.165, 1.54) is 27.9 Å². The summed E-state index contributed by atoms with van der Waals surface area (Å²) < 4.78 is 2.38. The second kappa shape index (κ2) is 7.99. The van der Waals surface area contributed by atoms with Crippen LogP contribution in [-0.4, -0.2) is 33.4 Å². The first kappa shape index (κ1) is 20.0. The Morgan fingerprint density at radius 1 is 1.00 bits per heavy atom. The smallest absolute Gasteiger partial charge is 0.225 e. The number of carbonyl (C=O) groups is 1. The van der Waals surface area contributed by atoms with Crippen LogP contribution in [0.25, 0.3) is 22.5 Å². The first-order valence-corrected chi connectivity index (χ1v) is 11.5. The van der Waals surface area contributed by atoms with Crippen LogP contribution in [-0.2, 0) is 11.3 Å². The molecular formula is C27H31N3O. The molecular weight excluding hydrogens is 382 g/mol. The number of likely N-dealkylation sites (tertiary alicyclic amines) is 1. The maximum Gasteiger partial charge on any atom is 0.225 e. The quantitative estimate of drug-likeness (QED) is 0.562. The van der Waals surface area contributed by atoms with Crippen molar-refractivity contribution < 1.29 is 4.79 Å². The van der Waals surface area contributed by atoms with Gasteiger partial charge in [0.05, 0.1) is 5.69 Å².